The Morgan fingerprint density at radius 1 is 1.28 bits per heavy atom. The van der Waals surface area contributed by atoms with Gasteiger partial charge in [0.25, 0.3) is 11.8 Å². The number of likely N-dealkylation sites (tertiary alicyclic amines) is 1. The summed E-state index contributed by atoms with van der Waals surface area (Å²) in [5, 5.41) is 13.1. The first-order chi connectivity index (χ1) is 17.1. The van der Waals surface area contributed by atoms with Gasteiger partial charge in [0.05, 0.1) is 12.1 Å². The molecule has 2 aromatic rings. The van der Waals surface area contributed by atoms with Crippen LogP contribution in [0.3, 0.4) is 0 Å². The minimum absolute atomic E-state index is 0.0461. The molecule has 1 atom stereocenters. The van der Waals surface area contributed by atoms with E-state index in [1.54, 1.807) is 13.1 Å². The Labute approximate surface area is 207 Å². The maximum absolute atomic E-state index is 14.9. The molecule has 10 heteroatoms. The molecule has 4 rings (SSSR count). The Balaban J connectivity index is 1.60. The Morgan fingerprint density at radius 2 is 2.06 bits per heavy atom. The molecule has 0 unspecified atom stereocenters. The Kier molecular flexibility index (Phi) is 6.96. The first kappa shape index (κ1) is 25.2. The highest BCUT2D eigenvalue weighted by Gasteiger charge is 2.34. The summed E-state index contributed by atoms with van der Waals surface area (Å²) in [6.07, 6.45) is 2.55. The van der Waals surface area contributed by atoms with Crippen LogP contribution in [0, 0.1) is 11.2 Å². The van der Waals surface area contributed by atoms with E-state index in [1.165, 1.54) is 35.4 Å². The van der Waals surface area contributed by atoms with Crippen molar-refractivity contribution in [2.75, 3.05) is 20.1 Å². The molecule has 3 N–H and O–H groups in total. The number of fused-ring (bicyclic) bond motifs is 1. The number of hydrogen-bond donors (Lipinski definition) is 3. The minimum atomic E-state index is -1.10. The number of halogens is 2. The second-order valence-corrected chi connectivity index (χ2v) is 9.36. The summed E-state index contributed by atoms with van der Waals surface area (Å²) in [5.74, 6) is -1.11. The van der Waals surface area contributed by atoms with Crippen molar-refractivity contribution >= 4 is 17.6 Å². The van der Waals surface area contributed by atoms with Crippen LogP contribution < -0.4 is 20.1 Å². The van der Waals surface area contributed by atoms with Crippen LogP contribution >= 0.6 is 0 Å². The monoisotopic (exact) mass is 498 g/mol. The molecule has 1 saturated heterocycles. The largest absolute Gasteiger partial charge is 0.487 e. The van der Waals surface area contributed by atoms with Crippen LogP contribution in [0.2, 0.25) is 0 Å². The van der Waals surface area contributed by atoms with Gasteiger partial charge >= 0.3 is 0 Å². The molecule has 2 aliphatic rings. The third-order valence-corrected chi connectivity index (χ3v) is 5.90. The molecule has 190 valence electrons. The molecule has 0 radical (unpaired) electrons. The first-order valence-electron chi connectivity index (χ1n) is 11.6. The van der Waals surface area contributed by atoms with E-state index in [4.69, 9.17) is 14.9 Å². The predicted molar refractivity (Wildman–Crippen MR) is 130 cm³/mol. The van der Waals surface area contributed by atoms with Crippen molar-refractivity contribution in [3.8, 4) is 17.2 Å². The lowest BCUT2D eigenvalue weighted by atomic mass is 9.99. The Morgan fingerprint density at radius 3 is 2.72 bits per heavy atom. The smallest absolute Gasteiger partial charge is 0.257 e. The third kappa shape index (κ3) is 5.48. The standard InChI is InChI=1S/C26H28F2N4O4/c1-26(2)13-19-21(10-15(11-22(19)36-26)24(33)31-23(29)6-8-30-3)35-17-4-5-18(20(28)12-17)25(34)32-9-7-16(27)14-32/h4-6,8,10-12,16,30H,7,9,13-14H2,1-3H3,(H2,29,31,33)/b8-6-/t16-/m1/s1. The molecule has 0 bridgehead atoms. The fourth-order valence-corrected chi connectivity index (χ4v) is 4.20. The van der Waals surface area contributed by atoms with Gasteiger partial charge in [-0.15, -0.1) is 0 Å². The summed E-state index contributed by atoms with van der Waals surface area (Å²) in [6, 6.07) is 6.95. The van der Waals surface area contributed by atoms with Gasteiger partial charge in [0.15, 0.2) is 0 Å². The van der Waals surface area contributed by atoms with E-state index >= 15 is 0 Å². The lowest BCUT2D eigenvalue weighted by molar-refractivity contribution is 0.0777. The number of rotatable bonds is 6. The van der Waals surface area contributed by atoms with Crippen molar-refractivity contribution in [1.29, 1.82) is 5.41 Å². The second-order valence-electron chi connectivity index (χ2n) is 9.36. The van der Waals surface area contributed by atoms with Gasteiger partial charge in [0.2, 0.25) is 0 Å². The molecule has 2 amide bonds. The van der Waals surface area contributed by atoms with Crippen LogP contribution in [0.15, 0.2) is 42.6 Å². The molecular weight excluding hydrogens is 470 g/mol. The average Bonchev–Trinajstić information content (AvgIpc) is 3.38. The normalized spacial score (nSPS) is 18.0. The zero-order valence-electron chi connectivity index (χ0n) is 20.3. The highest BCUT2D eigenvalue weighted by molar-refractivity contribution is 6.09. The predicted octanol–water partition coefficient (Wildman–Crippen LogP) is 3.96. The van der Waals surface area contributed by atoms with E-state index in [2.05, 4.69) is 10.6 Å². The summed E-state index contributed by atoms with van der Waals surface area (Å²) in [5.41, 5.74) is 0.218. The van der Waals surface area contributed by atoms with Crippen LogP contribution in [0.5, 0.6) is 17.2 Å². The number of ether oxygens (including phenoxy) is 2. The number of nitrogens with zero attached hydrogens (tertiary/aromatic N) is 1. The van der Waals surface area contributed by atoms with Gasteiger partial charge < -0.3 is 25.0 Å². The van der Waals surface area contributed by atoms with Crippen molar-refractivity contribution in [1.82, 2.24) is 15.5 Å². The topological polar surface area (TPSA) is 104 Å². The number of amidine groups is 1. The van der Waals surface area contributed by atoms with Crippen LogP contribution in [-0.2, 0) is 6.42 Å². The molecule has 36 heavy (non-hydrogen) atoms. The van der Waals surface area contributed by atoms with Gasteiger partial charge in [-0.1, -0.05) is 0 Å². The summed E-state index contributed by atoms with van der Waals surface area (Å²) >= 11 is 0. The fraction of sp³-hybridized carbons (Fsp3) is 0.346. The average molecular weight is 499 g/mol. The second kappa shape index (κ2) is 9.96. The molecular formula is C26H28F2N4O4. The summed E-state index contributed by atoms with van der Waals surface area (Å²) in [7, 11) is 1.67. The molecule has 0 aliphatic carbocycles. The summed E-state index contributed by atoms with van der Waals surface area (Å²) in [6.45, 7) is 4.00. The van der Waals surface area contributed by atoms with Gasteiger partial charge in [-0.05, 0) is 56.8 Å². The number of carbonyl (C=O) groups is 2. The summed E-state index contributed by atoms with van der Waals surface area (Å²) in [4.78, 5) is 26.6. The van der Waals surface area contributed by atoms with Crippen molar-refractivity contribution in [3.05, 3.63) is 65.1 Å². The number of carbonyl (C=O) groups excluding carboxylic acids is 2. The van der Waals surface area contributed by atoms with Gasteiger partial charge in [0.1, 0.15) is 40.7 Å². The highest BCUT2D eigenvalue weighted by atomic mass is 19.1. The van der Waals surface area contributed by atoms with Crippen LogP contribution in [0.1, 0.15) is 46.5 Å². The van der Waals surface area contributed by atoms with Gasteiger partial charge in [-0.2, -0.15) is 0 Å². The van der Waals surface area contributed by atoms with Crippen molar-refractivity contribution in [2.45, 2.75) is 38.5 Å². The van der Waals surface area contributed by atoms with E-state index in [9.17, 15) is 18.4 Å². The van der Waals surface area contributed by atoms with E-state index in [0.717, 1.165) is 6.07 Å². The molecule has 8 nitrogen and oxygen atoms in total. The zero-order valence-corrected chi connectivity index (χ0v) is 20.3. The number of alkyl halides is 1. The van der Waals surface area contributed by atoms with Crippen molar-refractivity contribution in [3.63, 3.8) is 0 Å². The van der Waals surface area contributed by atoms with E-state index < -0.39 is 29.4 Å². The van der Waals surface area contributed by atoms with Gasteiger partial charge in [0, 0.05) is 37.2 Å². The van der Waals surface area contributed by atoms with Gasteiger partial charge in [-0.25, -0.2) is 8.78 Å². The minimum Gasteiger partial charge on any atom is -0.487 e. The lowest BCUT2D eigenvalue weighted by Crippen LogP contribution is -2.29. The molecule has 1 fully saturated rings. The van der Waals surface area contributed by atoms with Crippen molar-refractivity contribution < 1.29 is 27.8 Å². The first-order valence-corrected chi connectivity index (χ1v) is 11.6. The van der Waals surface area contributed by atoms with Crippen molar-refractivity contribution in [2.24, 2.45) is 0 Å². The van der Waals surface area contributed by atoms with E-state index in [0.29, 0.717) is 23.5 Å². The van der Waals surface area contributed by atoms with E-state index in [-0.39, 0.29) is 42.2 Å². The molecule has 2 heterocycles. The van der Waals surface area contributed by atoms with Crippen LogP contribution in [0.4, 0.5) is 8.78 Å². The quantitative estimate of drug-likeness (QED) is 0.413. The number of nitrogens with one attached hydrogen (secondary N) is 3. The Hall–Kier alpha value is -3.95. The van der Waals surface area contributed by atoms with Crippen LogP contribution in [0.25, 0.3) is 0 Å². The third-order valence-electron chi connectivity index (χ3n) is 5.90. The summed E-state index contributed by atoms with van der Waals surface area (Å²) < 4.78 is 40.3. The van der Waals surface area contributed by atoms with Crippen LogP contribution in [-0.4, -0.2) is 54.5 Å². The maximum atomic E-state index is 14.9. The van der Waals surface area contributed by atoms with Gasteiger partial charge in [-0.3, -0.25) is 15.0 Å². The molecule has 0 saturated carbocycles. The maximum Gasteiger partial charge on any atom is 0.257 e. The lowest BCUT2D eigenvalue weighted by Gasteiger charge is -2.16. The molecule has 0 spiro atoms. The zero-order chi connectivity index (χ0) is 26.0. The van der Waals surface area contributed by atoms with E-state index in [1.807, 2.05) is 13.8 Å². The molecule has 0 aromatic heterocycles. The highest BCUT2D eigenvalue weighted by Crippen LogP contribution is 2.43. The SMILES string of the molecule is CN/C=C\C(=N)NC(=O)c1cc(Oc2ccc(C(=O)N3CC[C@@H](F)C3)c(F)c2)c2c(c1)OC(C)(C)C2. The Bertz CT molecular complexity index is 1240. The number of hydrogen-bond acceptors (Lipinski definition) is 6. The number of amides is 2. The number of benzene rings is 2. The molecule has 2 aliphatic heterocycles. The fourth-order valence-electron chi connectivity index (χ4n) is 4.20. The molecule has 2 aromatic carbocycles.